The molecule has 182 valence electrons. The summed E-state index contributed by atoms with van der Waals surface area (Å²) in [4.78, 5) is 24.1. The summed E-state index contributed by atoms with van der Waals surface area (Å²) < 4.78 is 6.54. The van der Waals surface area contributed by atoms with Crippen molar-refractivity contribution >= 4 is 74.4 Å². The van der Waals surface area contributed by atoms with Crippen molar-refractivity contribution in [2.24, 2.45) is 5.10 Å². The number of rotatable bonds is 9. The molecule has 35 heavy (non-hydrogen) atoms. The molecule has 2 N–H and O–H groups in total. The van der Waals surface area contributed by atoms with Gasteiger partial charge < -0.3 is 10.1 Å². The molecule has 0 bridgehead atoms. The molecule has 0 atom stereocenters. The number of hydrazone groups is 1. The molecule has 10 heteroatoms. The van der Waals surface area contributed by atoms with Gasteiger partial charge in [-0.1, -0.05) is 46.9 Å². The minimum atomic E-state index is -0.376. The van der Waals surface area contributed by atoms with Crippen LogP contribution in [0.4, 0.5) is 5.69 Å². The van der Waals surface area contributed by atoms with Crippen LogP contribution in [0.2, 0.25) is 15.1 Å². The van der Waals surface area contributed by atoms with E-state index in [1.807, 2.05) is 19.1 Å². The van der Waals surface area contributed by atoms with Crippen LogP contribution in [0, 0.1) is 6.92 Å². The summed E-state index contributed by atoms with van der Waals surface area (Å²) in [6, 6.07) is 15.9. The number of hydrogen-bond acceptors (Lipinski definition) is 4. The van der Waals surface area contributed by atoms with E-state index in [1.54, 1.807) is 42.5 Å². The SMILES string of the molecule is Cc1ccc(NC(=O)CCC(=O)NN=Cc2ccc(OCc3ccc(Cl)c(Cl)c3)c(Br)c2)cc1Cl. The maximum absolute atomic E-state index is 12.1. The van der Waals surface area contributed by atoms with E-state index in [-0.39, 0.29) is 24.7 Å². The molecule has 0 unspecified atom stereocenters. The number of anilines is 1. The summed E-state index contributed by atoms with van der Waals surface area (Å²) >= 11 is 21.5. The van der Waals surface area contributed by atoms with Crippen LogP contribution < -0.4 is 15.5 Å². The zero-order valence-electron chi connectivity index (χ0n) is 18.6. The Hall–Kier alpha value is -2.58. The highest BCUT2D eigenvalue weighted by atomic mass is 79.9. The maximum atomic E-state index is 12.1. The molecule has 0 radical (unpaired) electrons. The first kappa shape index (κ1) is 27.0. The van der Waals surface area contributed by atoms with Gasteiger partial charge in [-0.25, -0.2) is 5.43 Å². The molecular formula is C25H21BrCl3N3O3. The molecule has 0 aliphatic rings. The van der Waals surface area contributed by atoms with E-state index in [2.05, 4.69) is 31.8 Å². The Balaban J connectivity index is 1.43. The van der Waals surface area contributed by atoms with Gasteiger partial charge in [0, 0.05) is 23.6 Å². The fourth-order valence-electron chi connectivity index (χ4n) is 2.86. The number of hydrogen-bond donors (Lipinski definition) is 2. The molecule has 0 saturated heterocycles. The molecular weight excluding hydrogens is 577 g/mol. The summed E-state index contributed by atoms with van der Waals surface area (Å²) in [5.41, 5.74) is 5.54. The van der Waals surface area contributed by atoms with E-state index >= 15 is 0 Å². The minimum absolute atomic E-state index is 0.00600. The van der Waals surface area contributed by atoms with Gasteiger partial charge in [-0.15, -0.1) is 0 Å². The highest BCUT2D eigenvalue weighted by Gasteiger charge is 2.08. The smallest absolute Gasteiger partial charge is 0.240 e. The average molecular weight is 598 g/mol. The Bertz CT molecular complexity index is 1270. The van der Waals surface area contributed by atoms with Crippen LogP contribution >= 0.6 is 50.7 Å². The normalized spacial score (nSPS) is 10.9. The predicted octanol–water partition coefficient (Wildman–Crippen LogP) is 7.17. The molecule has 0 spiro atoms. The molecule has 0 fully saturated rings. The summed E-state index contributed by atoms with van der Waals surface area (Å²) in [7, 11) is 0. The van der Waals surface area contributed by atoms with Gasteiger partial charge in [0.05, 0.1) is 20.7 Å². The molecule has 6 nitrogen and oxygen atoms in total. The van der Waals surface area contributed by atoms with Gasteiger partial charge in [-0.2, -0.15) is 5.10 Å². The van der Waals surface area contributed by atoms with Gasteiger partial charge >= 0.3 is 0 Å². The number of halogens is 4. The third kappa shape index (κ3) is 8.54. The third-order valence-corrected chi connectivity index (χ3v) is 6.54. The predicted molar refractivity (Wildman–Crippen MR) is 145 cm³/mol. The second-order valence-electron chi connectivity index (χ2n) is 7.53. The number of benzene rings is 3. The van der Waals surface area contributed by atoms with Gasteiger partial charge in [-0.3, -0.25) is 9.59 Å². The topological polar surface area (TPSA) is 79.8 Å². The van der Waals surface area contributed by atoms with Crippen LogP contribution in [0.5, 0.6) is 5.75 Å². The lowest BCUT2D eigenvalue weighted by Gasteiger charge is -2.09. The summed E-state index contributed by atoms with van der Waals surface area (Å²) in [5, 5.41) is 8.18. The van der Waals surface area contributed by atoms with Gasteiger partial charge in [0.2, 0.25) is 11.8 Å². The summed E-state index contributed by atoms with van der Waals surface area (Å²) in [6.45, 7) is 2.20. The third-order valence-electron chi connectivity index (χ3n) is 4.77. The van der Waals surface area contributed by atoms with E-state index < -0.39 is 0 Å². The second-order valence-corrected chi connectivity index (χ2v) is 9.61. The fraction of sp³-hybridized carbons (Fsp3) is 0.160. The van der Waals surface area contributed by atoms with Gasteiger partial charge in [0.15, 0.2) is 0 Å². The van der Waals surface area contributed by atoms with Crippen LogP contribution in [-0.2, 0) is 16.2 Å². The number of carbonyl (C=O) groups is 2. The molecule has 3 rings (SSSR count). The number of nitrogens with zero attached hydrogens (tertiary/aromatic N) is 1. The first-order chi connectivity index (χ1) is 16.7. The molecule has 3 aromatic carbocycles. The van der Waals surface area contributed by atoms with E-state index in [9.17, 15) is 9.59 Å². The Morgan fingerprint density at radius 3 is 2.43 bits per heavy atom. The molecule has 0 aromatic heterocycles. The quantitative estimate of drug-likeness (QED) is 0.203. The standard InChI is InChI=1S/C25H21BrCl3N3O3/c1-15-2-5-18(12-21(15)28)31-24(33)8-9-25(34)32-30-13-16-4-7-23(19(26)10-16)35-14-17-3-6-20(27)22(29)11-17/h2-7,10-13H,8-9,14H2,1H3,(H,31,33)(H,32,34). The van der Waals surface area contributed by atoms with Crippen molar-refractivity contribution in [1.82, 2.24) is 5.43 Å². The van der Waals surface area contributed by atoms with Crippen molar-refractivity contribution in [3.05, 3.63) is 90.8 Å². The van der Waals surface area contributed by atoms with Crippen molar-refractivity contribution in [2.75, 3.05) is 5.32 Å². The van der Waals surface area contributed by atoms with Crippen molar-refractivity contribution in [3.8, 4) is 5.75 Å². The van der Waals surface area contributed by atoms with Crippen molar-refractivity contribution in [2.45, 2.75) is 26.4 Å². The van der Waals surface area contributed by atoms with E-state index in [0.717, 1.165) is 21.2 Å². The lowest BCUT2D eigenvalue weighted by atomic mass is 10.2. The fourth-order valence-corrected chi connectivity index (χ4v) is 3.87. The van der Waals surface area contributed by atoms with Crippen LogP contribution in [0.3, 0.4) is 0 Å². The van der Waals surface area contributed by atoms with Crippen LogP contribution in [-0.4, -0.2) is 18.0 Å². The molecule has 3 aromatic rings. The average Bonchev–Trinajstić information content (AvgIpc) is 2.82. The first-order valence-electron chi connectivity index (χ1n) is 10.5. The largest absolute Gasteiger partial charge is 0.488 e. The lowest BCUT2D eigenvalue weighted by molar-refractivity contribution is -0.124. The molecule has 0 aliphatic carbocycles. The highest BCUT2D eigenvalue weighted by molar-refractivity contribution is 9.10. The van der Waals surface area contributed by atoms with Crippen LogP contribution in [0.1, 0.15) is 29.5 Å². The highest BCUT2D eigenvalue weighted by Crippen LogP contribution is 2.28. The maximum Gasteiger partial charge on any atom is 0.240 e. The second kappa shape index (κ2) is 12.9. The Kier molecular flexibility index (Phi) is 9.98. The molecule has 2 amide bonds. The number of ether oxygens (including phenoxy) is 1. The minimum Gasteiger partial charge on any atom is -0.488 e. The van der Waals surface area contributed by atoms with E-state index in [0.29, 0.717) is 33.1 Å². The monoisotopic (exact) mass is 595 g/mol. The molecule has 0 heterocycles. The number of aryl methyl sites for hydroxylation is 1. The Labute approximate surface area is 226 Å². The van der Waals surface area contributed by atoms with Crippen molar-refractivity contribution in [1.29, 1.82) is 0 Å². The van der Waals surface area contributed by atoms with Gasteiger partial charge in [0.25, 0.3) is 0 Å². The van der Waals surface area contributed by atoms with Crippen LogP contribution in [0.25, 0.3) is 0 Å². The number of nitrogens with one attached hydrogen (secondary N) is 2. The van der Waals surface area contributed by atoms with Crippen molar-refractivity contribution in [3.63, 3.8) is 0 Å². The zero-order valence-corrected chi connectivity index (χ0v) is 22.4. The van der Waals surface area contributed by atoms with Crippen LogP contribution in [0.15, 0.2) is 64.2 Å². The van der Waals surface area contributed by atoms with E-state index in [1.165, 1.54) is 6.21 Å². The van der Waals surface area contributed by atoms with Gasteiger partial charge in [-0.05, 0) is 82.0 Å². The summed E-state index contributed by atoms with van der Waals surface area (Å²) in [5.74, 6) is -0.0263. The number of carbonyl (C=O) groups excluding carboxylic acids is 2. The Morgan fingerprint density at radius 2 is 1.71 bits per heavy atom. The van der Waals surface area contributed by atoms with Gasteiger partial charge in [0.1, 0.15) is 12.4 Å². The molecule has 0 saturated carbocycles. The first-order valence-corrected chi connectivity index (χ1v) is 12.4. The van der Waals surface area contributed by atoms with E-state index in [4.69, 9.17) is 39.5 Å². The Morgan fingerprint density at radius 1 is 0.943 bits per heavy atom. The lowest BCUT2D eigenvalue weighted by Crippen LogP contribution is -2.20. The number of amides is 2. The molecule has 0 aliphatic heterocycles. The van der Waals surface area contributed by atoms with Crippen molar-refractivity contribution < 1.29 is 14.3 Å². The zero-order chi connectivity index (χ0) is 25.4. The summed E-state index contributed by atoms with van der Waals surface area (Å²) in [6.07, 6.45) is 1.51.